The van der Waals surface area contributed by atoms with E-state index in [1.54, 1.807) is 38.1 Å². The number of aliphatic carboxylic acids is 1. The number of carbonyl (C=O) groups excluding carboxylic acids is 1. The van der Waals surface area contributed by atoms with E-state index in [9.17, 15) is 18.0 Å². The summed E-state index contributed by atoms with van der Waals surface area (Å²) in [7, 11) is -3.56. The molecule has 0 bridgehead atoms. The second-order valence-electron chi connectivity index (χ2n) is 5.14. The highest BCUT2D eigenvalue weighted by molar-refractivity contribution is 7.92. The molecule has 0 saturated carbocycles. The Morgan fingerprint density at radius 3 is 2.54 bits per heavy atom. The van der Waals surface area contributed by atoms with E-state index in [0.717, 1.165) is 0 Å². The summed E-state index contributed by atoms with van der Waals surface area (Å²) in [4.78, 5) is 23.6. The molecule has 0 aliphatic carbocycles. The van der Waals surface area contributed by atoms with Gasteiger partial charge in [-0.3, -0.25) is 9.52 Å². The van der Waals surface area contributed by atoms with Gasteiger partial charge in [-0.2, -0.15) is 0 Å². The number of hydrogen-bond acceptors (Lipinski definition) is 4. The number of anilines is 1. The number of hydrogen-bond donors (Lipinski definition) is 3. The van der Waals surface area contributed by atoms with Gasteiger partial charge in [-0.05, 0) is 31.9 Å². The number of amides is 1. The summed E-state index contributed by atoms with van der Waals surface area (Å²) < 4.78 is 26.2. The van der Waals surface area contributed by atoms with Gasteiger partial charge in [0, 0.05) is 0 Å². The average molecular weight is 354 g/mol. The van der Waals surface area contributed by atoms with Gasteiger partial charge in [-0.15, -0.1) is 0 Å². The fraction of sp³-hybridized carbons (Fsp3) is 0.375. The van der Waals surface area contributed by atoms with Gasteiger partial charge in [0.15, 0.2) is 0 Å². The standard InChI is InChI=1S/C16H22N2O5S/c1-3-5-9-14(16(20)21)17-15(19)12-8-6-7-10-13(12)18-24(22,23)11-4-2/h3,5-8,10,14,18H,4,9,11H2,1-2H3,(H,17,19)(H,20,21)/b5-3+. The Balaban J connectivity index is 3.00. The summed E-state index contributed by atoms with van der Waals surface area (Å²) in [5, 5.41) is 11.6. The Morgan fingerprint density at radius 2 is 1.96 bits per heavy atom. The highest BCUT2D eigenvalue weighted by Gasteiger charge is 2.22. The molecule has 1 rings (SSSR count). The SMILES string of the molecule is C/C=C/CC(NC(=O)c1ccccc1NS(=O)(=O)CCC)C(=O)O. The molecule has 3 N–H and O–H groups in total. The zero-order valence-corrected chi connectivity index (χ0v) is 14.5. The van der Waals surface area contributed by atoms with Crippen LogP contribution in [0.1, 0.15) is 37.0 Å². The van der Waals surface area contributed by atoms with Gasteiger partial charge >= 0.3 is 5.97 Å². The normalized spacial score (nSPS) is 12.8. The molecular weight excluding hydrogens is 332 g/mol. The van der Waals surface area contributed by atoms with E-state index in [1.165, 1.54) is 12.1 Å². The van der Waals surface area contributed by atoms with Gasteiger partial charge in [0.2, 0.25) is 10.0 Å². The number of para-hydroxylation sites is 1. The minimum Gasteiger partial charge on any atom is -0.480 e. The van der Waals surface area contributed by atoms with E-state index in [1.807, 2.05) is 0 Å². The molecule has 0 heterocycles. The molecule has 8 heteroatoms. The van der Waals surface area contributed by atoms with Crippen LogP contribution in [0.2, 0.25) is 0 Å². The number of sulfonamides is 1. The number of allylic oxidation sites excluding steroid dienone is 1. The van der Waals surface area contributed by atoms with Crippen molar-refractivity contribution in [3.63, 3.8) is 0 Å². The predicted molar refractivity (Wildman–Crippen MR) is 92.5 cm³/mol. The molecule has 0 radical (unpaired) electrons. The van der Waals surface area contributed by atoms with Gasteiger partial charge in [-0.25, -0.2) is 13.2 Å². The molecule has 1 aromatic carbocycles. The molecule has 1 atom stereocenters. The molecule has 1 unspecified atom stereocenters. The van der Waals surface area contributed by atoms with E-state index in [0.29, 0.717) is 6.42 Å². The lowest BCUT2D eigenvalue weighted by molar-refractivity contribution is -0.139. The molecule has 0 spiro atoms. The second kappa shape index (κ2) is 9.07. The third kappa shape index (κ3) is 6.04. The third-order valence-electron chi connectivity index (χ3n) is 3.12. The van der Waals surface area contributed by atoms with Crippen molar-refractivity contribution in [2.24, 2.45) is 0 Å². The number of carboxylic acid groups (broad SMARTS) is 1. The zero-order valence-electron chi connectivity index (χ0n) is 13.7. The molecule has 24 heavy (non-hydrogen) atoms. The molecule has 1 amide bonds. The smallest absolute Gasteiger partial charge is 0.326 e. The first-order valence-corrected chi connectivity index (χ1v) is 9.20. The van der Waals surface area contributed by atoms with E-state index in [-0.39, 0.29) is 23.4 Å². The first-order valence-electron chi connectivity index (χ1n) is 7.55. The van der Waals surface area contributed by atoms with Crippen LogP contribution in [0.15, 0.2) is 36.4 Å². The van der Waals surface area contributed by atoms with Gasteiger partial charge < -0.3 is 10.4 Å². The predicted octanol–water partition coefficient (Wildman–Crippen LogP) is 1.99. The van der Waals surface area contributed by atoms with Gasteiger partial charge in [0.05, 0.1) is 17.0 Å². The van der Waals surface area contributed by atoms with Crippen molar-refractivity contribution in [1.82, 2.24) is 5.32 Å². The minimum atomic E-state index is -3.56. The van der Waals surface area contributed by atoms with Crippen molar-refractivity contribution in [1.29, 1.82) is 0 Å². The first-order chi connectivity index (χ1) is 11.3. The summed E-state index contributed by atoms with van der Waals surface area (Å²) >= 11 is 0. The van der Waals surface area contributed by atoms with Crippen molar-refractivity contribution < 1.29 is 23.1 Å². The number of carbonyl (C=O) groups is 2. The van der Waals surface area contributed by atoms with Crippen LogP contribution >= 0.6 is 0 Å². The topological polar surface area (TPSA) is 113 Å². The van der Waals surface area contributed by atoms with Crippen molar-refractivity contribution in [3.8, 4) is 0 Å². The maximum atomic E-state index is 12.4. The second-order valence-corrected chi connectivity index (χ2v) is 6.98. The molecule has 0 aliphatic rings. The number of nitrogens with one attached hydrogen (secondary N) is 2. The Bertz CT molecular complexity index is 713. The Kier molecular flexibility index (Phi) is 7.44. The molecule has 0 aromatic heterocycles. The lowest BCUT2D eigenvalue weighted by Crippen LogP contribution is -2.40. The molecule has 0 saturated heterocycles. The third-order valence-corrected chi connectivity index (χ3v) is 4.60. The first kappa shape index (κ1) is 19.7. The van der Waals surface area contributed by atoms with E-state index < -0.39 is 27.9 Å². The highest BCUT2D eigenvalue weighted by Crippen LogP contribution is 2.17. The molecule has 1 aromatic rings. The summed E-state index contributed by atoms with van der Waals surface area (Å²) in [5.74, 6) is -1.88. The maximum absolute atomic E-state index is 12.4. The fourth-order valence-corrected chi connectivity index (χ4v) is 3.14. The Morgan fingerprint density at radius 1 is 1.29 bits per heavy atom. The fourth-order valence-electron chi connectivity index (χ4n) is 1.99. The lowest BCUT2D eigenvalue weighted by atomic mass is 10.1. The zero-order chi connectivity index (χ0) is 18.2. The summed E-state index contributed by atoms with van der Waals surface area (Å²) in [6, 6.07) is 4.98. The van der Waals surface area contributed by atoms with Crippen LogP contribution in [0, 0.1) is 0 Å². The number of carboxylic acids is 1. The van der Waals surface area contributed by atoms with Crippen molar-refractivity contribution >= 4 is 27.6 Å². The Labute approximate surface area is 141 Å². The monoisotopic (exact) mass is 354 g/mol. The van der Waals surface area contributed by atoms with E-state index >= 15 is 0 Å². The van der Waals surface area contributed by atoms with Crippen molar-refractivity contribution in [3.05, 3.63) is 42.0 Å². The van der Waals surface area contributed by atoms with Crippen LogP contribution in [0.3, 0.4) is 0 Å². The lowest BCUT2D eigenvalue weighted by Gasteiger charge is -2.15. The summed E-state index contributed by atoms with van der Waals surface area (Å²) in [6.07, 6.45) is 3.90. The largest absolute Gasteiger partial charge is 0.480 e. The number of rotatable bonds is 9. The van der Waals surface area contributed by atoms with Crippen LogP contribution in [0.5, 0.6) is 0 Å². The molecular formula is C16H22N2O5S. The van der Waals surface area contributed by atoms with Crippen molar-refractivity contribution in [2.45, 2.75) is 32.7 Å². The molecule has 0 aliphatic heterocycles. The van der Waals surface area contributed by atoms with Crippen molar-refractivity contribution in [2.75, 3.05) is 10.5 Å². The minimum absolute atomic E-state index is 0.0675. The average Bonchev–Trinajstić information content (AvgIpc) is 2.50. The summed E-state index contributed by atoms with van der Waals surface area (Å²) in [5.41, 5.74) is 0.197. The van der Waals surface area contributed by atoms with Crippen LogP contribution in [-0.4, -0.2) is 37.2 Å². The van der Waals surface area contributed by atoms with Crippen LogP contribution in [0.4, 0.5) is 5.69 Å². The summed E-state index contributed by atoms with van der Waals surface area (Å²) in [6.45, 7) is 3.48. The highest BCUT2D eigenvalue weighted by atomic mass is 32.2. The molecule has 0 fully saturated rings. The van der Waals surface area contributed by atoms with Crippen LogP contribution in [-0.2, 0) is 14.8 Å². The molecule has 7 nitrogen and oxygen atoms in total. The van der Waals surface area contributed by atoms with Gasteiger partial charge in [0.25, 0.3) is 5.91 Å². The van der Waals surface area contributed by atoms with Crippen LogP contribution < -0.4 is 10.0 Å². The van der Waals surface area contributed by atoms with E-state index in [4.69, 9.17) is 5.11 Å². The van der Waals surface area contributed by atoms with E-state index in [2.05, 4.69) is 10.0 Å². The van der Waals surface area contributed by atoms with Gasteiger partial charge in [-0.1, -0.05) is 31.2 Å². The Hall–Kier alpha value is -2.35. The quantitative estimate of drug-likeness (QED) is 0.587. The molecule has 132 valence electrons. The number of benzene rings is 1. The van der Waals surface area contributed by atoms with Gasteiger partial charge in [0.1, 0.15) is 6.04 Å². The maximum Gasteiger partial charge on any atom is 0.326 e. The van der Waals surface area contributed by atoms with Crippen LogP contribution in [0.25, 0.3) is 0 Å².